The number of hydrogen-bond acceptors (Lipinski definition) is 6. The number of hydrazone groups is 1. The third-order valence-electron chi connectivity index (χ3n) is 5.13. The van der Waals surface area contributed by atoms with E-state index in [1.54, 1.807) is 24.3 Å². The maximum atomic E-state index is 12.6. The molecule has 0 saturated heterocycles. The summed E-state index contributed by atoms with van der Waals surface area (Å²) in [6.45, 7) is 4.09. The minimum Gasteiger partial charge on any atom is -0.484 e. The number of carbonyl (C=O) groups excluding carboxylic acids is 2. The summed E-state index contributed by atoms with van der Waals surface area (Å²) in [4.78, 5) is 24.9. The highest BCUT2D eigenvalue weighted by Gasteiger charge is 2.18. The molecule has 35 heavy (non-hydrogen) atoms. The number of amides is 1. The number of rotatable bonds is 8. The fourth-order valence-electron chi connectivity index (χ4n) is 3.23. The van der Waals surface area contributed by atoms with Crippen LogP contribution in [-0.4, -0.2) is 24.7 Å². The molecule has 0 aliphatic carbocycles. The zero-order chi connectivity index (χ0) is 24.8. The first-order valence-corrected chi connectivity index (χ1v) is 12.1. The number of hydrogen-bond donors (Lipinski definition) is 1. The largest absolute Gasteiger partial charge is 0.484 e. The Labute approximate surface area is 212 Å². The SMILES string of the molecule is CC(C)c1ccc(OCC(=O)NN=Cc2ccc(OC(=O)c3sc4ccccc4c3Cl)cc2)cc1. The predicted molar refractivity (Wildman–Crippen MR) is 140 cm³/mol. The molecular weight excluding hydrogens is 484 g/mol. The van der Waals surface area contributed by atoms with Crippen LogP contribution in [-0.2, 0) is 4.79 Å². The lowest BCUT2D eigenvalue weighted by Crippen LogP contribution is -2.24. The predicted octanol–water partition coefficient (Wildman–Crippen LogP) is 6.43. The molecule has 0 saturated carbocycles. The van der Waals surface area contributed by atoms with E-state index < -0.39 is 5.97 Å². The second-order valence-corrected chi connectivity index (χ2v) is 9.44. The summed E-state index contributed by atoms with van der Waals surface area (Å²) in [5, 5.41) is 5.16. The molecular formula is C27H23ClN2O4S. The van der Waals surface area contributed by atoms with Gasteiger partial charge in [-0.2, -0.15) is 5.10 Å². The second kappa shape index (κ2) is 11.2. The van der Waals surface area contributed by atoms with Crippen molar-refractivity contribution in [1.82, 2.24) is 5.43 Å². The lowest BCUT2D eigenvalue weighted by atomic mass is 10.0. The summed E-state index contributed by atoms with van der Waals surface area (Å²) in [5.74, 6) is 0.545. The van der Waals surface area contributed by atoms with Crippen LogP contribution in [0.5, 0.6) is 11.5 Å². The van der Waals surface area contributed by atoms with Gasteiger partial charge < -0.3 is 9.47 Å². The molecule has 0 unspecified atom stereocenters. The average Bonchev–Trinajstić information content (AvgIpc) is 3.21. The Morgan fingerprint density at radius 1 is 1.00 bits per heavy atom. The molecule has 0 aliphatic heterocycles. The Balaban J connectivity index is 1.26. The highest BCUT2D eigenvalue weighted by atomic mass is 35.5. The van der Waals surface area contributed by atoms with E-state index in [9.17, 15) is 9.59 Å². The Morgan fingerprint density at radius 2 is 1.69 bits per heavy atom. The van der Waals surface area contributed by atoms with Gasteiger partial charge in [0.15, 0.2) is 6.61 Å². The van der Waals surface area contributed by atoms with Crippen molar-refractivity contribution in [2.24, 2.45) is 5.10 Å². The minimum absolute atomic E-state index is 0.145. The van der Waals surface area contributed by atoms with Crippen molar-refractivity contribution in [3.05, 3.63) is 93.8 Å². The third-order valence-corrected chi connectivity index (χ3v) is 6.79. The first kappa shape index (κ1) is 24.4. The molecule has 1 aromatic heterocycles. The van der Waals surface area contributed by atoms with Gasteiger partial charge in [0.05, 0.1) is 11.2 Å². The van der Waals surface area contributed by atoms with Gasteiger partial charge in [-0.25, -0.2) is 10.2 Å². The quantitative estimate of drug-likeness (QED) is 0.129. The molecule has 0 bridgehead atoms. The molecule has 4 rings (SSSR count). The Hall–Kier alpha value is -3.68. The molecule has 1 N–H and O–H groups in total. The van der Waals surface area contributed by atoms with E-state index >= 15 is 0 Å². The van der Waals surface area contributed by atoms with E-state index in [2.05, 4.69) is 24.4 Å². The molecule has 0 atom stereocenters. The zero-order valence-corrected chi connectivity index (χ0v) is 20.7. The Bertz CT molecular complexity index is 1360. The Morgan fingerprint density at radius 3 is 2.37 bits per heavy atom. The lowest BCUT2D eigenvalue weighted by molar-refractivity contribution is -0.123. The van der Waals surface area contributed by atoms with Crippen molar-refractivity contribution in [2.75, 3.05) is 6.61 Å². The number of carbonyl (C=O) groups is 2. The summed E-state index contributed by atoms with van der Waals surface area (Å²) >= 11 is 7.64. The van der Waals surface area contributed by atoms with Crippen LogP contribution < -0.4 is 14.9 Å². The number of halogens is 1. The van der Waals surface area contributed by atoms with Gasteiger partial charge in [0.25, 0.3) is 5.91 Å². The molecule has 0 spiro atoms. The van der Waals surface area contributed by atoms with Crippen LogP contribution in [0.2, 0.25) is 5.02 Å². The lowest BCUT2D eigenvalue weighted by Gasteiger charge is -2.08. The summed E-state index contributed by atoms with van der Waals surface area (Å²) in [7, 11) is 0. The van der Waals surface area contributed by atoms with Gasteiger partial charge in [-0.05, 0) is 59.5 Å². The molecule has 0 aliphatic rings. The Kier molecular flexibility index (Phi) is 7.80. The second-order valence-electron chi connectivity index (χ2n) is 8.01. The van der Waals surface area contributed by atoms with Crippen LogP contribution in [0.15, 0.2) is 77.9 Å². The van der Waals surface area contributed by atoms with Crippen LogP contribution >= 0.6 is 22.9 Å². The maximum absolute atomic E-state index is 12.6. The number of nitrogens with zero attached hydrogens (tertiary/aromatic N) is 1. The van der Waals surface area contributed by atoms with Crippen LogP contribution in [0.25, 0.3) is 10.1 Å². The van der Waals surface area contributed by atoms with Crippen molar-refractivity contribution < 1.29 is 19.1 Å². The fraction of sp³-hybridized carbons (Fsp3) is 0.148. The number of esters is 1. The maximum Gasteiger partial charge on any atom is 0.355 e. The van der Waals surface area contributed by atoms with Crippen molar-refractivity contribution in [3.63, 3.8) is 0 Å². The van der Waals surface area contributed by atoms with Crippen molar-refractivity contribution in [1.29, 1.82) is 0 Å². The van der Waals surface area contributed by atoms with Crippen LogP contribution in [0.4, 0.5) is 0 Å². The first-order chi connectivity index (χ1) is 16.9. The van der Waals surface area contributed by atoms with E-state index in [0.717, 1.165) is 15.6 Å². The number of fused-ring (bicyclic) bond motifs is 1. The summed E-state index contributed by atoms with van der Waals surface area (Å²) in [6.07, 6.45) is 1.49. The standard InChI is InChI=1S/C27H23ClN2O4S/c1-17(2)19-9-13-20(14-10-19)33-16-24(31)30-29-15-18-7-11-21(12-8-18)34-27(32)26-25(28)22-5-3-4-6-23(22)35-26/h3-15,17H,16H2,1-2H3,(H,30,31). The van der Waals surface area contributed by atoms with Crippen molar-refractivity contribution in [2.45, 2.75) is 19.8 Å². The van der Waals surface area contributed by atoms with E-state index in [-0.39, 0.29) is 12.5 Å². The van der Waals surface area contributed by atoms with Crippen LogP contribution in [0.1, 0.15) is 40.6 Å². The fourth-order valence-corrected chi connectivity index (χ4v) is 4.61. The van der Waals surface area contributed by atoms with Gasteiger partial charge in [0.2, 0.25) is 0 Å². The summed E-state index contributed by atoms with van der Waals surface area (Å²) in [5.41, 5.74) is 4.35. The zero-order valence-electron chi connectivity index (χ0n) is 19.2. The van der Waals surface area contributed by atoms with Crippen LogP contribution in [0.3, 0.4) is 0 Å². The average molecular weight is 507 g/mol. The molecule has 178 valence electrons. The smallest absolute Gasteiger partial charge is 0.355 e. The molecule has 3 aromatic carbocycles. The number of benzene rings is 3. The van der Waals surface area contributed by atoms with Crippen molar-refractivity contribution >= 4 is 51.1 Å². The highest BCUT2D eigenvalue weighted by Crippen LogP contribution is 2.35. The summed E-state index contributed by atoms with van der Waals surface area (Å²) < 4.78 is 11.9. The van der Waals surface area contributed by atoms with Gasteiger partial charge in [-0.1, -0.05) is 55.8 Å². The normalized spacial score (nSPS) is 11.2. The van der Waals surface area contributed by atoms with Crippen LogP contribution in [0, 0.1) is 0 Å². The van der Waals surface area contributed by atoms with Crippen molar-refractivity contribution in [3.8, 4) is 11.5 Å². The minimum atomic E-state index is -0.510. The number of ether oxygens (including phenoxy) is 2. The molecule has 1 amide bonds. The van der Waals surface area contributed by atoms with Gasteiger partial charge in [0.1, 0.15) is 16.4 Å². The number of nitrogens with one attached hydrogen (secondary N) is 1. The first-order valence-electron chi connectivity index (χ1n) is 10.9. The number of thiophene rings is 1. The van der Waals surface area contributed by atoms with Gasteiger partial charge in [-0.3, -0.25) is 4.79 Å². The van der Waals surface area contributed by atoms with E-state index in [1.807, 2.05) is 48.5 Å². The van der Waals surface area contributed by atoms with Gasteiger partial charge >= 0.3 is 5.97 Å². The summed E-state index contributed by atoms with van der Waals surface area (Å²) in [6, 6.07) is 21.9. The molecule has 0 radical (unpaired) electrons. The molecule has 4 aromatic rings. The van der Waals surface area contributed by atoms with E-state index in [0.29, 0.717) is 27.3 Å². The van der Waals surface area contributed by atoms with Gasteiger partial charge in [0, 0.05) is 10.1 Å². The molecule has 1 heterocycles. The molecule has 6 nitrogen and oxygen atoms in total. The van der Waals surface area contributed by atoms with Gasteiger partial charge in [-0.15, -0.1) is 11.3 Å². The highest BCUT2D eigenvalue weighted by molar-refractivity contribution is 7.21. The van der Waals surface area contributed by atoms with E-state index in [1.165, 1.54) is 23.1 Å². The molecule has 8 heteroatoms. The third kappa shape index (κ3) is 6.26. The topological polar surface area (TPSA) is 77.0 Å². The molecule has 0 fully saturated rings. The van der Waals surface area contributed by atoms with E-state index in [4.69, 9.17) is 21.1 Å². The monoisotopic (exact) mass is 506 g/mol.